The fourth-order valence-corrected chi connectivity index (χ4v) is 8.82. The molecule has 0 spiro atoms. The lowest BCUT2D eigenvalue weighted by atomic mass is 9.79. The van der Waals surface area contributed by atoms with Gasteiger partial charge in [-0.2, -0.15) is 0 Å². The summed E-state index contributed by atoms with van der Waals surface area (Å²) in [6.07, 6.45) is 0. The standard InChI is InChI=1S/C49H38N2/c1-48(2)41-27-34(31-13-7-5-8-14-31)21-25-37(41)39-29-44-40(30-43(39)48)38-26-22-35(28-42(38)49(44,3)4)32-19-23-36(24-20-32)51-46-18-12-11-17-45(46)50-47(51)33-15-9-6-10-16-33/h5-30H,1-4H3. The Kier molecular flexibility index (Phi) is 6.30. The van der Waals surface area contributed by atoms with Gasteiger partial charge in [-0.3, -0.25) is 4.57 Å². The number of aromatic nitrogens is 2. The van der Waals surface area contributed by atoms with Gasteiger partial charge in [0.15, 0.2) is 0 Å². The van der Waals surface area contributed by atoms with E-state index in [-0.39, 0.29) is 10.8 Å². The molecule has 51 heavy (non-hydrogen) atoms. The molecule has 0 saturated heterocycles. The van der Waals surface area contributed by atoms with Crippen LogP contribution in [0.15, 0.2) is 158 Å². The third-order valence-corrected chi connectivity index (χ3v) is 11.6. The van der Waals surface area contributed by atoms with Crippen molar-refractivity contribution in [3.8, 4) is 61.6 Å². The van der Waals surface area contributed by atoms with E-state index in [1.165, 1.54) is 66.8 Å². The van der Waals surface area contributed by atoms with Gasteiger partial charge in [0.1, 0.15) is 5.82 Å². The highest BCUT2D eigenvalue weighted by molar-refractivity contribution is 5.91. The monoisotopic (exact) mass is 654 g/mol. The molecule has 0 aliphatic heterocycles. The topological polar surface area (TPSA) is 17.8 Å². The van der Waals surface area contributed by atoms with E-state index < -0.39 is 0 Å². The molecule has 0 fully saturated rings. The lowest BCUT2D eigenvalue weighted by Gasteiger charge is -2.24. The molecular formula is C49H38N2. The molecule has 0 N–H and O–H groups in total. The lowest BCUT2D eigenvalue weighted by molar-refractivity contribution is 0.652. The first-order chi connectivity index (χ1) is 24.8. The molecule has 0 saturated carbocycles. The molecule has 2 aliphatic carbocycles. The molecule has 7 aromatic carbocycles. The van der Waals surface area contributed by atoms with Gasteiger partial charge < -0.3 is 0 Å². The number of rotatable bonds is 4. The van der Waals surface area contributed by atoms with Crippen molar-refractivity contribution in [2.75, 3.05) is 0 Å². The molecule has 2 heteroatoms. The van der Waals surface area contributed by atoms with Gasteiger partial charge in [0, 0.05) is 22.1 Å². The zero-order valence-electron chi connectivity index (χ0n) is 29.4. The van der Waals surface area contributed by atoms with E-state index in [9.17, 15) is 0 Å². The Labute approximate surface area is 299 Å². The smallest absolute Gasteiger partial charge is 0.145 e. The van der Waals surface area contributed by atoms with E-state index in [0.717, 1.165) is 28.1 Å². The van der Waals surface area contributed by atoms with Crippen LogP contribution in [0.2, 0.25) is 0 Å². The van der Waals surface area contributed by atoms with Gasteiger partial charge in [-0.1, -0.05) is 137 Å². The van der Waals surface area contributed by atoms with Crippen molar-refractivity contribution in [2.24, 2.45) is 0 Å². The van der Waals surface area contributed by atoms with Crippen LogP contribution in [0.1, 0.15) is 49.9 Å². The third kappa shape index (κ3) is 4.39. The molecule has 1 aromatic heterocycles. The van der Waals surface area contributed by atoms with Gasteiger partial charge in [0.25, 0.3) is 0 Å². The molecule has 0 amide bonds. The van der Waals surface area contributed by atoms with Gasteiger partial charge in [-0.15, -0.1) is 0 Å². The summed E-state index contributed by atoms with van der Waals surface area (Å²) < 4.78 is 2.28. The number of benzene rings is 7. The summed E-state index contributed by atoms with van der Waals surface area (Å²) in [6.45, 7) is 9.57. The second-order valence-corrected chi connectivity index (χ2v) is 15.3. The van der Waals surface area contributed by atoms with Crippen LogP contribution in [0.5, 0.6) is 0 Å². The lowest BCUT2D eigenvalue weighted by Crippen LogP contribution is -2.17. The largest absolute Gasteiger partial charge is 0.292 e. The van der Waals surface area contributed by atoms with E-state index in [1.807, 2.05) is 0 Å². The highest BCUT2D eigenvalue weighted by atomic mass is 15.1. The second kappa shape index (κ2) is 10.8. The van der Waals surface area contributed by atoms with Crippen LogP contribution in [-0.2, 0) is 10.8 Å². The highest BCUT2D eigenvalue weighted by Crippen LogP contribution is 2.56. The fraction of sp³-hybridized carbons (Fsp3) is 0.122. The van der Waals surface area contributed by atoms with Crippen LogP contribution >= 0.6 is 0 Å². The van der Waals surface area contributed by atoms with Gasteiger partial charge >= 0.3 is 0 Å². The molecule has 244 valence electrons. The normalized spacial score (nSPS) is 14.6. The molecule has 1 heterocycles. The second-order valence-electron chi connectivity index (χ2n) is 15.3. The Hall–Kier alpha value is -5.99. The van der Waals surface area contributed by atoms with Crippen LogP contribution in [0, 0.1) is 0 Å². The van der Waals surface area contributed by atoms with Gasteiger partial charge in [0.05, 0.1) is 11.0 Å². The van der Waals surface area contributed by atoms with E-state index in [1.54, 1.807) is 0 Å². The Morgan fingerprint density at radius 1 is 0.392 bits per heavy atom. The number of imidazole rings is 1. The summed E-state index contributed by atoms with van der Waals surface area (Å²) in [6, 6.07) is 57.8. The first kappa shape index (κ1) is 29.9. The van der Waals surface area contributed by atoms with Crippen LogP contribution in [0.4, 0.5) is 0 Å². The fourth-order valence-electron chi connectivity index (χ4n) is 8.82. The van der Waals surface area contributed by atoms with E-state index >= 15 is 0 Å². The van der Waals surface area contributed by atoms with E-state index in [2.05, 4.69) is 190 Å². The molecule has 0 atom stereocenters. The molecule has 0 unspecified atom stereocenters. The van der Waals surface area contributed by atoms with Crippen molar-refractivity contribution >= 4 is 11.0 Å². The third-order valence-electron chi connectivity index (χ3n) is 11.6. The summed E-state index contributed by atoms with van der Waals surface area (Å²) in [4.78, 5) is 5.04. The highest BCUT2D eigenvalue weighted by Gasteiger charge is 2.41. The van der Waals surface area contributed by atoms with Crippen molar-refractivity contribution in [1.29, 1.82) is 0 Å². The summed E-state index contributed by atoms with van der Waals surface area (Å²) in [5, 5.41) is 0. The Morgan fingerprint density at radius 2 is 0.843 bits per heavy atom. The zero-order valence-corrected chi connectivity index (χ0v) is 29.4. The molecule has 0 radical (unpaired) electrons. The summed E-state index contributed by atoms with van der Waals surface area (Å²) >= 11 is 0. The number of fused-ring (bicyclic) bond motifs is 7. The van der Waals surface area contributed by atoms with Crippen LogP contribution in [-0.4, -0.2) is 9.55 Å². The van der Waals surface area contributed by atoms with E-state index in [4.69, 9.17) is 4.98 Å². The molecule has 10 rings (SSSR count). The zero-order chi connectivity index (χ0) is 34.5. The first-order valence-electron chi connectivity index (χ1n) is 18.0. The average Bonchev–Trinajstić information content (AvgIpc) is 3.74. The number of hydrogen-bond donors (Lipinski definition) is 0. The maximum Gasteiger partial charge on any atom is 0.145 e. The Bertz CT molecular complexity index is 2660. The molecule has 8 aromatic rings. The molecule has 2 aliphatic rings. The predicted octanol–water partition coefficient (Wildman–Crippen LogP) is 12.6. The Balaban J connectivity index is 1.02. The maximum atomic E-state index is 5.04. The molecule has 2 nitrogen and oxygen atoms in total. The van der Waals surface area contributed by atoms with Gasteiger partial charge in [0.2, 0.25) is 0 Å². The van der Waals surface area contributed by atoms with E-state index in [0.29, 0.717) is 0 Å². The minimum absolute atomic E-state index is 0.0833. The van der Waals surface area contributed by atoms with Crippen molar-refractivity contribution < 1.29 is 0 Å². The van der Waals surface area contributed by atoms with Crippen molar-refractivity contribution in [2.45, 2.75) is 38.5 Å². The summed E-state index contributed by atoms with van der Waals surface area (Å²) in [5.74, 6) is 0.955. The van der Waals surface area contributed by atoms with Crippen molar-refractivity contribution in [1.82, 2.24) is 9.55 Å². The molecular weight excluding hydrogens is 617 g/mol. The first-order valence-corrected chi connectivity index (χ1v) is 18.0. The van der Waals surface area contributed by atoms with Crippen molar-refractivity contribution in [3.05, 3.63) is 180 Å². The predicted molar refractivity (Wildman–Crippen MR) is 213 cm³/mol. The number of para-hydroxylation sites is 2. The average molecular weight is 655 g/mol. The summed E-state index contributed by atoms with van der Waals surface area (Å²) in [7, 11) is 0. The number of hydrogen-bond acceptors (Lipinski definition) is 1. The molecule has 0 bridgehead atoms. The number of nitrogens with zero attached hydrogens (tertiary/aromatic N) is 2. The Morgan fingerprint density at radius 3 is 1.41 bits per heavy atom. The van der Waals surface area contributed by atoms with Crippen molar-refractivity contribution in [3.63, 3.8) is 0 Å². The van der Waals surface area contributed by atoms with Gasteiger partial charge in [-0.25, -0.2) is 4.98 Å². The van der Waals surface area contributed by atoms with Crippen LogP contribution < -0.4 is 0 Å². The SMILES string of the molecule is CC1(C)c2cc(-c3ccccc3)ccc2-c2cc3c(cc21)-c1ccc(-c2ccc(-n4c(-c5ccccc5)nc5ccccc54)cc2)cc1C3(C)C. The minimum atomic E-state index is -0.118. The van der Waals surface area contributed by atoms with Gasteiger partial charge in [-0.05, 0) is 115 Å². The van der Waals surface area contributed by atoms with Crippen LogP contribution in [0.25, 0.3) is 72.6 Å². The summed E-state index contributed by atoms with van der Waals surface area (Å²) in [5.41, 5.74) is 20.2. The van der Waals surface area contributed by atoms with Crippen LogP contribution in [0.3, 0.4) is 0 Å². The minimum Gasteiger partial charge on any atom is -0.292 e. The maximum absolute atomic E-state index is 5.04. The quantitative estimate of drug-likeness (QED) is 0.185.